The highest BCUT2D eigenvalue weighted by molar-refractivity contribution is 6.31. The molecule has 1 heterocycles. The van der Waals surface area contributed by atoms with Crippen molar-refractivity contribution in [3.8, 4) is 6.07 Å². The van der Waals surface area contributed by atoms with Crippen LogP contribution in [0.3, 0.4) is 0 Å². The minimum absolute atomic E-state index is 0.111. The third-order valence-corrected chi connectivity index (χ3v) is 3.65. The molecular weight excluding hydrogens is 359 g/mol. The van der Waals surface area contributed by atoms with Gasteiger partial charge in [-0.3, -0.25) is 4.79 Å². The largest absolute Gasteiger partial charge is 0.360 e. The molecule has 0 aliphatic carbocycles. The number of nitriles is 1. The van der Waals surface area contributed by atoms with Crippen LogP contribution in [0.2, 0.25) is 5.02 Å². The van der Waals surface area contributed by atoms with E-state index < -0.39 is 5.82 Å². The van der Waals surface area contributed by atoms with Gasteiger partial charge in [0, 0.05) is 28.0 Å². The van der Waals surface area contributed by atoms with Crippen LogP contribution in [0.25, 0.3) is 5.57 Å². The number of ketones is 1. The standard InChI is InChI=1S/C17H10ClFN6O/c18-12-3-6-15(21-9-11(8-20)17-22-24-25-23-17)14(7-12)16(26)10-1-4-13(19)5-2-10/h1-7,9,21H,(H,22,23,24,25). The maximum absolute atomic E-state index is 13.1. The summed E-state index contributed by atoms with van der Waals surface area (Å²) in [6.45, 7) is 0. The molecule has 3 aromatic rings. The predicted octanol–water partition coefficient (Wildman–Crippen LogP) is 3.20. The highest BCUT2D eigenvalue weighted by Gasteiger charge is 2.15. The van der Waals surface area contributed by atoms with Crippen molar-refractivity contribution in [1.82, 2.24) is 20.6 Å². The van der Waals surface area contributed by atoms with Crippen molar-refractivity contribution in [2.75, 3.05) is 5.32 Å². The molecule has 3 rings (SSSR count). The number of carbonyl (C=O) groups excluding carboxylic acids is 1. The summed E-state index contributed by atoms with van der Waals surface area (Å²) in [5.74, 6) is -0.672. The Morgan fingerprint density at radius 1 is 1.27 bits per heavy atom. The van der Waals surface area contributed by atoms with Gasteiger partial charge in [-0.15, -0.1) is 10.2 Å². The van der Waals surface area contributed by atoms with Crippen LogP contribution in [0.4, 0.5) is 10.1 Å². The zero-order valence-electron chi connectivity index (χ0n) is 13.1. The molecule has 0 amide bonds. The zero-order chi connectivity index (χ0) is 18.5. The number of aromatic nitrogens is 4. The highest BCUT2D eigenvalue weighted by Crippen LogP contribution is 2.24. The van der Waals surface area contributed by atoms with E-state index in [0.29, 0.717) is 16.3 Å². The number of halogens is 2. The molecule has 7 nitrogen and oxygen atoms in total. The number of benzene rings is 2. The average Bonchev–Trinajstić information content (AvgIpc) is 3.18. The molecule has 128 valence electrons. The number of H-pyrrole nitrogens is 1. The molecule has 26 heavy (non-hydrogen) atoms. The van der Waals surface area contributed by atoms with Gasteiger partial charge in [-0.1, -0.05) is 11.6 Å². The van der Waals surface area contributed by atoms with Gasteiger partial charge >= 0.3 is 0 Å². The number of tetrazole rings is 1. The van der Waals surface area contributed by atoms with Crippen LogP contribution in [0.1, 0.15) is 21.7 Å². The summed E-state index contributed by atoms with van der Waals surface area (Å²) >= 11 is 6.00. The molecule has 0 unspecified atom stereocenters. The molecule has 0 atom stereocenters. The number of carbonyl (C=O) groups is 1. The predicted molar refractivity (Wildman–Crippen MR) is 92.7 cm³/mol. The summed E-state index contributed by atoms with van der Waals surface area (Å²) in [5, 5.41) is 25.5. The van der Waals surface area contributed by atoms with E-state index in [1.807, 2.05) is 6.07 Å². The third-order valence-electron chi connectivity index (χ3n) is 3.41. The van der Waals surface area contributed by atoms with Gasteiger partial charge < -0.3 is 5.32 Å². The molecule has 2 aromatic carbocycles. The van der Waals surface area contributed by atoms with Crippen LogP contribution in [-0.2, 0) is 0 Å². The second kappa shape index (κ2) is 7.55. The summed E-state index contributed by atoms with van der Waals surface area (Å²) in [5.41, 5.74) is 1.11. The lowest BCUT2D eigenvalue weighted by Crippen LogP contribution is -2.06. The lowest BCUT2D eigenvalue weighted by atomic mass is 10.0. The summed E-state index contributed by atoms with van der Waals surface area (Å²) in [6.07, 6.45) is 1.36. The third kappa shape index (κ3) is 3.74. The van der Waals surface area contributed by atoms with E-state index in [1.54, 1.807) is 12.1 Å². The topological polar surface area (TPSA) is 107 Å². The molecule has 0 saturated carbocycles. The van der Waals surface area contributed by atoms with Crippen LogP contribution >= 0.6 is 11.6 Å². The Bertz CT molecular complexity index is 1010. The van der Waals surface area contributed by atoms with Crippen molar-refractivity contribution in [2.24, 2.45) is 0 Å². The molecule has 1 aromatic heterocycles. The van der Waals surface area contributed by atoms with Gasteiger partial charge in [-0.05, 0) is 47.7 Å². The molecule has 0 bridgehead atoms. The minimum Gasteiger partial charge on any atom is -0.360 e. The van der Waals surface area contributed by atoms with Gasteiger partial charge in [-0.25, -0.2) is 4.39 Å². The number of hydrogen-bond donors (Lipinski definition) is 2. The number of nitrogens with one attached hydrogen (secondary N) is 2. The monoisotopic (exact) mass is 368 g/mol. The lowest BCUT2D eigenvalue weighted by Gasteiger charge is -2.10. The first kappa shape index (κ1) is 17.3. The van der Waals surface area contributed by atoms with Gasteiger partial charge in [-0.2, -0.15) is 10.5 Å². The zero-order valence-corrected chi connectivity index (χ0v) is 13.8. The molecule has 0 saturated heterocycles. The van der Waals surface area contributed by atoms with E-state index >= 15 is 0 Å². The molecule has 0 spiro atoms. The molecule has 0 aliphatic rings. The number of aromatic amines is 1. The fourth-order valence-electron chi connectivity index (χ4n) is 2.16. The normalized spacial score (nSPS) is 11.0. The van der Waals surface area contributed by atoms with Gasteiger partial charge in [0.25, 0.3) is 0 Å². The van der Waals surface area contributed by atoms with Crippen molar-refractivity contribution < 1.29 is 9.18 Å². The Kier molecular flexibility index (Phi) is 5.01. The van der Waals surface area contributed by atoms with Crippen LogP contribution in [0.15, 0.2) is 48.7 Å². The Balaban J connectivity index is 1.95. The Labute approximate surface area is 152 Å². The number of nitrogens with zero attached hydrogens (tertiary/aromatic N) is 4. The van der Waals surface area contributed by atoms with E-state index in [9.17, 15) is 14.4 Å². The number of rotatable bonds is 5. The van der Waals surface area contributed by atoms with Gasteiger partial charge in [0.05, 0.1) is 0 Å². The fraction of sp³-hybridized carbons (Fsp3) is 0. The van der Waals surface area contributed by atoms with E-state index in [0.717, 1.165) is 0 Å². The number of anilines is 1. The van der Waals surface area contributed by atoms with Crippen LogP contribution in [0.5, 0.6) is 0 Å². The van der Waals surface area contributed by atoms with E-state index in [-0.39, 0.29) is 22.7 Å². The minimum atomic E-state index is -0.437. The van der Waals surface area contributed by atoms with Crippen molar-refractivity contribution in [3.63, 3.8) is 0 Å². The Hall–Kier alpha value is -3.57. The molecule has 2 N–H and O–H groups in total. The second-order valence-electron chi connectivity index (χ2n) is 5.08. The van der Waals surface area contributed by atoms with Crippen molar-refractivity contribution in [1.29, 1.82) is 5.26 Å². The van der Waals surface area contributed by atoms with E-state index in [4.69, 9.17) is 11.6 Å². The SMILES string of the molecule is N#CC(=CNc1ccc(Cl)cc1C(=O)c1ccc(F)cc1)c1nn[nH]n1. The van der Waals surface area contributed by atoms with Gasteiger partial charge in [0.15, 0.2) is 5.78 Å². The fourth-order valence-corrected chi connectivity index (χ4v) is 2.33. The first-order chi connectivity index (χ1) is 12.6. The number of allylic oxidation sites excluding steroid dienone is 1. The van der Waals surface area contributed by atoms with Crippen molar-refractivity contribution in [2.45, 2.75) is 0 Å². The summed E-state index contributed by atoms with van der Waals surface area (Å²) in [6, 6.07) is 11.8. The first-order valence-electron chi connectivity index (χ1n) is 7.29. The number of hydrogen-bond acceptors (Lipinski definition) is 6. The van der Waals surface area contributed by atoms with E-state index in [2.05, 4.69) is 25.9 Å². The second-order valence-corrected chi connectivity index (χ2v) is 5.51. The highest BCUT2D eigenvalue weighted by atomic mass is 35.5. The average molecular weight is 369 g/mol. The summed E-state index contributed by atoms with van der Waals surface area (Å²) in [4.78, 5) is 12.7. The molecular formula is C17H10ClFN6O. The first-order valence-corrected chi connectivity index (χ1v) is 7.66. The maximum Gasteiger partial charge on any atom is 0.216 e. The summed E-state index contributed by atoms with van der Waals surface area (Å²) in [7, 11) is 0. The quantitative estimate of drug-likeness (QED) is 0.529. The van der Waals surface area contributed by atoms with Gasteiger partial charge in [0.2, 0.25) is 5.82 Å². The molecule has 0 radical (unpaired) electrons. The smallest absolute Gasteiger partial charge is 0.216 e. The Morgan fingerprint density at radius 2 is 2.04 bits per heavy atom. The molecule has 0 fully saturated rings. The van der Waals surface area contributed by atoms with Crippen molar-refractivity contribution in [3.05, 3.63) is 76.5 Å². The van der Waals surface area contributed by atoms with Gasteiger partial charge in [0.1, 0.15) is 17.5 Å². The molecule has 0 aliphatic heterocycles. The maximum atomic E-state index is 13.1. The van der Waals surface area contributed by atoms with Crippen LogP contribution in [0, 0.1) is 17.1 Å². The summed E-state index contributed by atoms with van der Waals surface area (Å²) < 4.78 is 13.1. The molecule has 9 heteroatoms. The van der Waals surface area contributed by atoms with Crippen molar-refractivity contribution >= 4 is 28.6 Å². The lowest BCUT2D eigenvalue weighted by molar-refractivity contribution is 0.103. The van der Waals surface area contributed by atoms with Crippen LogP contribution < -0.4 is 5.32 Å². The Morgan fingerprint density at radius 3 is 2.69 bits per heavy atom. The van der Waals surface area contributed by atoms with E-state index in [1.165, 1.54) is 36.5 Å². The van der Waals surface area contributed by atoms with Crippen LogP contribution in [-0.4, -0.2) is 26.4 Å².